The van der Waals surface area contributed by atoms with E-state index in [-0.39, 0.29) is 18.0 Å². The molecule has 0 aromatic carbocycles. The lowest BCUT2D eigenvalue weighted by molar-refractivity contribution is 0.0450. The number of carbonyl (C=O) groups is 2. The van der Waals surface area contributed by atoms with E-state index in [4.69, 9.17) is 4.74 Å². The standard InChI is InChI=1S/C17H22N4O3/c22-16(13-1-5-18-6-2-13)19-7-3-14(4-8-19)20-9-10-21-15(11-20)12-24-17(21)23/h1-2,5-6,14-15H,3-4,7-12H2. The summed E-state index contributed by atoms with van der Waals surface area (Å²) in [6, 6.07) is 4.22. The van der Waals surface area contributed by atoms with Gasteiger partial charge in [-0.15, -0.1) is 0 Å². The molecule has 24 heavy (non-hydrogen) atoms. The highest BCUT2D eigenvalue weighted by Crippen LogP contribution is 2.24. The normalized spacial score (nSPS) is 25.5. The van der Waals surface area contributed by atoms with Crippen LogP contribution < -0.4 is 0 Å². The lowest BCUT2D eigenvalue weighted by atomic mass is 10.0. The van der Waals surface area contributed by atoms with Gasteiger partial charge in [-0.1, -0.05) is 0 Å². The predicted molar refractivity (Wildman–Crippen MR) is 86.6 cm³/mol. The Bertz CT molecular complexity index is 616. The highest BCUT2D eigenvalue weighted by atomic mass is 16.6. The molecule has 1 aromatic heterocycles. The quantitative estimate of drug-likeness (QED) is 0.803. The molecule has 0 N–H and O–H groups in total. The van der Waals surface area contributed by atoms with Crippen LogP contribution in [-0.4, -0.2) is 83.1 Å². The minimum absolute atomic E-state index is 0.0930. The topological polar surface area (TPSA) is 66.0 Å². The largest absolute Gasteiger partial charge is 0.447 e. The SMILES string of the molecule is O=C(c1ccncc1)N1CCC(N2CCN3C(=O)OCC3C2)CC1. The number of amides is 2. The molecule has 1 aromatic rings. The van der Waals surface area contributed by atoms with Gasteiger partial charge in [0.1, 0.15) is 6.61 Å². The van der Waals surface area contributed by atoms with Crippen LogP contribution in [0.25, 0.3) is 0 Å². The number of ether oxygens (including phenoxy) is 1. The van der Waals surface area contributed by atoms with Gasteiger partial charge in [0, 0.05) is 56.7 Å². The van der Waals surface area contributed by atoms with E-state index >= 15 is 0 Å². The predicted octanol–water partition coefficient (Wildman–Crippen LogP) is 0.823. The molecule has 0 aliphatic carbocycles. The average molecular weight is 330 g/mol. The van der Waals surface area contributed by atoms with E-state index in [9.17, 15) is 9.59 Å². The Labute approximate surface area is 141 Å². The van der Waals surface area contributed by atoms with Crippen molar-refractivity contribution in [2.75, 3.05) is 39.3 Å². The van der Waals surface area contributed by atoms with Gasteiger partial charge in [-0.25, -0.2) is 4.79 Å². The summed E-state index contributed by atoms with van der Waals surface area (Å²) in [4.78, 5) is 34.3. The van der Waals surface area contributed by atoms with Crippen LogP contribution in [0, 0.1) is 0 Å². The molecule has 1 unspecified atom stereocenters. The summed E-state index contributed by atoms with van der Waals surface area (Å²) >= 11 is 0. The van der Waals surface area contributed by atoms with E-state index in [1.54, 1.807) is 24.5 Å². The Balaban J connectivity index is 1.32. The second-order valence-electron chi connectivity index (χ2n) is 6.68. The molecular formula is C17H22N4O3. The zero-order valence-electron chi connectivity index (χ0n) is 13.6. The van der Waals surface area contributed by atoms with Gasteiger partial charge in [0.25, 0.3) is 5.91 Å². The van der Waals surface area contributed by atoms with Crippen molar-refractivity contribution in [3.8, 4) is 0 Å². The maximum absolute atomic E-state index is 12.5. The number of pyridine rings is 1. The third-order valence-electron chi connectivity index (χ3n) is 5.34. The summed E-state index contributed by atoms with van der Waals surface area (Å²) in [5, 5.41) is 0. The summed E-state index contributed by atoms with van der Waals surface area (Å²) in [5.74, 6) is 0.0930. The van der Waals surface area contributed by atoms with Crippen molar-refractivity contribution in [2.24, 2.45) is 0 Å². The van der Waals surface area contributed by atoms with E-state index in [0.717, 1.165) is 45.6 Å². The Morgan fingerprint density at radius 3 is 2.58 bits per heavy atom. The molecule has 0 bridgehead atoms. The van der Waals surface area contributed by atoms with Crippen molar-refractivity contribution in [1.29, 1.82) is 0 Å². The first kappa shape index (κ1) is 15.4. The fourth-order valence-corrected chi connectivity index (χ4v) is 3.96. The van der Waals surface area contributed by atoms with Crippen molar-refractivity contribution in [3.05, 3.63) is 30.1 Å². The van der Waals surface area contributed by atoms with Crippen LogP contribution in [-0.2, 0) is 4.74 Å². The van der Waals surface area contributed by atoms with E-state index in [0.29, 0.717) is 18.2 Å². The minimum atomic E-state index is -0.169. The van der Waals surface area contributed by atoms with Crippen LogP contribution >= 0.6 is 0 Å². The molecule has 0 saturated carbocycles. The van der Waals surface area contributed by atoms with Gasteiger partial charge in [-0.05, 0) is 25.0 Å². The average Bonchev–Trinajstić information content (AvgIpc) is 3.02. The fourth-order valence-electron chi connectivity index (χ4n) is 3.96. The zero-order chi connectivity index (χ0) is 16.5. The highest BCUT2D eigenvalue weighted by Gasteiger charge is 2.39. The van der Waals surface area contributed by atoms with Crippen molar-refractivity contribution >= 4 is 12.0 Å². The van der Waals surface area contributed by atoms with E-state index in [1.165, 1.54) is 0 Å². The summed E-state index contributed by atoms with van der Waals surface area (Å²) in [7, 11) is 0. The number of cyclic esters (lactones) is 1. The molecule has 2 amide bonds. The first-order valence-corrected chi connectivity index (χ1v) is 8.59. The van der Waals surface area contributed by atoms with Gasteiger partial charge in [-0.2, -0.15) is 0 Å². The number of piperazine rings is 1. The maximum atomic E-state index is 12.5. The number of carbonyl (C=O) groups excluding carboxylic acids is 2. The fraction of sp³-hybridized carbons (Fsp3) is 0.588. The highest BCUT2D eigenvalue weighted by molar-refractivity contribution is 5.94. The Hall–Kier alpha value is -2.15. The van der Waals surface area contributed by atoms with Crippen LogP contribution in [0.5, 0.6) is 0 Å². The number of piperidine rings is 1. The lowest BCUT2D eigenvalue weighted by Gasteiger charge is -2.43. The molecule has 0 spiro atoms. The maximum Gasteiger partial charge on any atom is 0.410 e. The molecular weight excluding hydrogens is 308 g/mol. The minimum Gasteiger partial charge on any atom is -0.447 e. The number of hydrogen-bond acceptors (Lipinski definition) is 5. The number of nitrogens with zero attached hydrogens (tertiary/aromatic N) is 4. The first-order chi connectivity index (χ1) is 11.7. The number of aromatic nitrogens is 1. The smallest absolute Gasteiger partial charge is 0.410 e. The Morgan fingerprint density at radius 2 is 1.83 bits per heavy atom. The van der Waals surface area contributed by atoms with E-state index in [2.05, 4.69) is 9.88 Å². The summed E-state index contributed by atoms with van der Waals surface area (Å²) < 4.78 is 5.14. The second kappa shape index (κ2) is 6.39. The monoisotopic (exact) mass is 330 g/mol. The third-order valence-corrected chi connectivity index (χ3v) is 5.34. The molecule has 1 atom stereocenters. The van der Waals surface area contributed by atoms with Gasteiger partial charge in [0.15, 0.2) is 0 Å². The summed E-state index contributed by atoms with van der Waals surface area (Å²) in [5.41, 5.74) is 0.707. The first-order valence-electron chi connectivity index (χ1n) is 8.59. The zero-order valence-corrected chi connectivity index (χ0v) is 13.6. The molecule has 0 radical (unpaired) electrons. The molecule has 3 fully saturated rings. The Morgan fingerprint density at radius 1 is 1.08 bits per heavy atom. The number of likely N-dealkylation sites (tertiary alicyclic amines) is 1. The van der Waals surface area contributed by atoms with Gasteiger partial charge in [0.05, 0.1) is 6.04 Å². The van der Waals surface area contributed by atoms with Crippen molar-refractivity contribution < 1.29 is 14.3 Å². The van der Waals surface area contributed by atoms with Crippen molar-refractivity contribution in [1.82, 2.24) is 19.7 Å². The van der Waals surface area contributed by atoms with Crippen LogP contribution in [0.15, 0.2) is 24.5 Å². The van der Waals surface area contributed by atoms with Gasteiger partial charge in [-0.3, -0.25) is 19.6 Å². The van der Waals surface area contributed by atoms with E-state index in [1.807, 2.05) is 9.80 Å². The number of fused-ring (bicyclic) bond motifs is 1. The van der Waals surface area contributed by atoms with Crippen LogP contribution in [0.1, 0.15) is 23.2 Å². The number of hydrogen-bond donors (Lipinski definition) is 0. The third kappa shape index (κ3) is 2.84. The molecule has 3 aliphatic heterocycles. The molecule has 128 valence electrons. The van der Waals surface area contributed by atoms with Crippen LogP contribution in [0.4, 0.5) is 4.79 Å². The number of rotatable bonds is 2. The van der Waals surface area contributed by atoms with E-state index < -0.39 is 0 Å². The van der Waals surface area contributed by atoms with Gasteiger partial charge in [0.2, 0.25) is 0 Å². The summed E-state index contributed by atoms with van der Waals surface area (Å²) in [6.07, 6.45) is 5.11. The van der Waals surface area contributed by atoms with Crippen LogP contribution in [0.3, 0.4) is 0 Å². The molecule has 7 nitrogen and oxygen atoms in total. The molecule has 3 aliphatic rings. The molecule has 7 heteroatoms. The molecule has 3 saturated heterocycles. The van der Waals surface area contributed by atoms with Gasteiger partial charge >= 0.3 is 6.09 Å². The lowest BCUT2D eigenvalue weighted by Crippen LogP contribution is -2.57. The summed E-state index contributed by atoms with van der Waals surface area (Å²) in [6.45, 7) is 4.61. The Kier molecular flexibility index (Phi) is 4.10. The van der Waals surface area contributed by atoms with Crippen molar-refractivity contribution in [3.63, 3.8) is 0 Å². The molecule has 4 rings (SSSR count). The second-order valence-corrected chi connectivity index (χ2v) is 6.68. The van der Waals surface area contributed by atoms with Crippen LogP contribution in [0.2, 0.25) is 0 Å². The molecule has 4 heterocycles. The van der Waals surface area contributed by atoms with Crippen molar-refractivity contribution in [2.45, 2.75) is 24.9 Å². The van der Waals surface area contributed by atoms with Gasteiger partial charge < -0.3 is 9.64 Å².